The second kappa shape index (κ2) is 9.62. The minimum absolute atomic E-state index is 0.0633. The van der Waals surface area contributed by atoms with Crippen LogP contribution in [0.15, 0.2) is 72.9 Å². The first kappa shape index (κ1) is 24.0. The lowest BCUT2D eigenvalue weighted by molar-refractivity contribution is 0.0533. The second-order valence-electron chi connectivity index (χ2n) is 9.30. The summed E-state index contributed by atoms with van der Waals surface area (Å²) in [5.74, 6) is -0.0633. The molecular formula is C28H27IN2O3. The van der Waals surface area contributed by atoms with Gasteiger partial charge < -0.3 is 9.72 Å². The van der Waals surface area contributed by atoms with Crippen molar-refractivity contribution < 1.29 is 14.3 Å². The number of hydrogen-bond acceptors (Lipinski definition) is 3. The van der Waals surface area contributed by atoms with Crippen LogP contribution in [0, 0.1) is 10.5 Å². The average Bonchev–Trinajstić information content (AvgIpc) is 3.41. The fraction of sp³-hybridized carbons (Fsp3) is 0.214. The number of H-pyrrole nitrogens is 1. The molecule has 0 saturated heterocycles. The molecule has 0 aliphatic carbocycles. The molecular weight excluding hydrogens is 539 g/mol. The highest BCUT2D eigenvalue weighted by Gasteiger charge is 2.23. The predicted molar refractivity (Wildman–Crippen MR) is 142 cm³/mol. The average molecular weight is 566 g/mol. The van der Waals surface area contributed by atoms with Gasteiger partial charge in [-0.3, -0.25) is 9.36 Å². The molecule has 0 radical (unpaired) electrons. The number of aromatic amines is 1. The number of carbonyl (C=O) groups is 2. The van der Waals surface area contributed by atoms with Crippen molar-refractivity contribution in [1.82, 2.24) is 9.55 Å². The molecule has 2 aromatic carbocycles. The summed E-state index contributed by atoms with van der Waals surface area (Å²) in [5, 5.41) is 0. The van der Waals surface area contributed by atoms with E-state index < -0.39 is 11.7 Å². The van der Waals surface area contributed by atoms with Gasteiger partial charge in [-0.15, -0.1) is 0 Å². The van der Waals surface area contributed by atoms with Crippen LogP contribution in [0.25, 0.3) is 11.1 Å². The number of ether oxygens (including phenoxy) is 1. The number of nitrogens with one attached hydrogen (secondary N) is 1. The summed E-state index contributed by atoms with van der Waals surface area (Å²) < 4.78 is 8.33. The Bertz CT molecular complexity index is 1320. The third-order valence-corrected chi connectivity index (χ3v) is 6.12. The molecule has 0 aliphatic rings. The van der Waals surface area contributed by atoms with Gasteiger partial charge in [0.05, 0.1) is 5.69 Å². The summed E-state index contributed by atoms with van der Waals surface area (Å²) in [4.78, 5) is 29.1. The molecule has 4 rings (SSSR count). The van der Waals surface area contributed by atoms with Crippen molar-refractivity contribution in [2.45, 2.75) is 39.7 Å². The van der Waals surface area contributed by atoms with Gasteiger partial charge in [0.1, 0.15) is 5.60 Å². The van der Waals surface area contributed by atoms with Gasteiger partial charge in [-0.25, -0.2) is 4.79 Å². The number of nitrogens with zero attached hydrogens (tertiary/aromatic N) is 1. The van der Waals surface area contributed by atoms with Gasteiger partial charge in [-0.05, 0) is 86.2 Å². The Morgan fingerprint density at radius 1 is 0.941 bits per heavy atom. The monoisotopic (exact) mass is 566 g/mol. The quantitative estimate of drug-likeness (QED) is 0.209. The maximum Gasteiger partial charge on any atom is 0.418 e. The number of ketones is 1. The molecule has 174 valence electrons. The van der Waals surface area contributed by atoms with Gasteiger partial charge in [0.2, 0.25) is 5.78 Å². The lowest BCUT2D eigenvalue weighted by Gasteiger charge is -2.20. The number of rotatable bonds is 5. The number of benzene rings is 2. The van der Waals surface area contributed by atoms with E-state index in [1.165, 1.54) is 0 Å². The zero-order chi connectivity index (χ0) is 24.5. The number of aryl methyl sites for hydroxylation is 1. The maximum atomic E-state index is 13.0. The van der Waals surface area contributed by atoms with Crippen LogP contribution in [-0.2, 0) is 11.2 Å². The van der Waals surface area contributed by atoms with Crippen molar-refractivity contribution in [3.05, 3.63) is 105 Å². The summed E-state index contributed by atoms with van der Waals surface area (Å²) >= 11 is 2.27. The summed E-state index contributed by atoms with van der Waals surface area (Å²) in [6, 6.07) is 21.3. The highest BCUT2D eigenvalue weighted by Crippen LogP contribution is 2.29. The first-order valence-electron chi connectivity index (χ1n) is 11.1. The first-order valence-corrected chi connectivity index (χ1v) is 12.2. The molecule has 4 aromatic rings. The Kier molecular flexibility index (Phi) is 6.79. The van der Waals surface area contributed by atoms with Crippen LogP contribution in [-0.4, -0.2) is 27.0 Å². The third-order valence-electron chi connectivity index (χ3n) is 5.40. The minimum Gasteiger partial charge on any atom is -0.443 e. The van der Waals surface area contributed by atoms with E-state index in [1.807, 2.05) is 88.4 Å². The summed E-state index contributed by atoms with van der Waals surface area (Å²) in [5.41, 5.74) is 5.25. The van der Waals surface area contributed by atoms with Gasteiger partial charge in [0.25, 0.3) is 0 Å². The topological polar surface area (TPSA) is 64.1 Å². The van der Waals surface area contributed by atoms with Gasteiger partial charge >= 0.3 is 6.09 Å². The van der Waals surface area contributed by atoms with Crippen LogP contribution in [0.3, 0.4) is 0 Å². The van der Waals surface area contributed by atoms with E-state index in [4.69, 9.17) is 4.74 Å². The Morgan fingerprint density at radius 2 is 1.62 bits per heavy atom. The van der Waals surface area contributed by atoms with Crippen molar-refractivity contribution in [3.63, 3.8) is 0 Å². The van der Waals surface area contributed by atoms with Crippen LogP contribution in [0.4, 0.5) is 4.79 Å². The van der Waals surface area contributed by atoms with E-state index in [0.717, 1.165) is 31.6 Å². The van der Waals surface area contributed by atoms with Crippen LogP contribution >= 0.6 is 22.6 Å². The molecule has 2 aromatic heterocycles. The molecule has 0 saturated carbocycles. The predicted octanol–water partition coefficient (Wildman–Crippen LogP) is 7.00. The van der Waals surface area contributed by atoms with Crippen molar-refractivity contribution in [2.24, 2.45) is 0 Å². The summed E-state index contributed by atoms with van der Waals surface area (Å²) in [6.45, 7) is 7.54. The second-order valence-corrected chi connectivity index (χ2v) is 10.5. The van der Waals surface area contributed by atoms with Gasteiger partial charge in [-0.2, -0.15) is 0 Å². The SMILES string of the molecule is Cc1ccc(C(=O)c2ccc(Cc3c(-c4ccc(I)cc4)ccn3C(=O)OC(C)(C)C)[nH]2)cc1. The fourth-order valence-corrected chi connectivity index (χ4v) is 4.10. The van der Waals surface area contributed by atoms with Gasteiger partial charge in [-0.1, -0.05) is 42.0 Å². The lowest BCUT2D eigenvalue weighted by Crippen LogP contribution is -2.27. The van der Waals surface area contributed by atoms with Crippen molar-refractivity contribution in [3.8, 4) is 11.1 Å². The Balaban J connectivity index is 1.68. The van der Waals surface area contributed by atoms with E-state index in [9.17, 15) is 9.59 Å². The molecule has 0 atom stereocenters. The van der Waals surface area contributed by atoms with Gasteiger partial charge in [0, 0.05) is 38.7 Å². The zero-order valence-electron chi connectivity index (χ0n) is 19.7. The standard InChI is InChI=1S/C28H27IN2O3/c1-18-5-7-20(8-6-18)26(32)24-14-13-22(30-24)17-25-23(19-9-11-21(29)12-10-19)15-16-31(25)27(33)34-28(2,3)4/h5-16,30H,17H2,1-4H3. The third kappa shape index (κ3) is 5.50. The Labute approximate surface area is 213 Å². The molecule has 0 aliphatic heterocycles. The molecule has 1 N–H and O–H groups in total. The highest BCUT2D eigenvalue weighted by molar-refractivity contribution is 14.1. The van der Waals surface area contributed by atoms with Crippen LogP contribution in [0.1, 0.15) is 53.8 Å². The molecule has 0 amide bonds. The first-order chi connectivity index (χ1) is 16.1. The van der Waals surface area contributed by atoms with E-state index >= 15 is 0 Å². The molecule has 6 heteroatoms. The zero-order valence-corrected chi connectivity index (χ0v) is 21.8. The molecule has 2 heterocycles. The largest absolute Gasteiger partial charge is 0.443 e. The van der Waals surface area contributed by atoms with Crippen LogP contribution < -0.4 is 0 Å². The van der Waals surface area contributed by atoms with E-state index in [1.54, 1.807) is 16.8 Å². The highest BCUT2D eigenvalue weighted by atomic mass is 127. The smallest absolute Gasteiger partial charge is 0.418 e. The molecule has 34 heavy (non-hydrogen) atoms. The molecule has 0 fully saturated rings. The minimum atomic E-state index is -0.609. The van der Waals surface area contributed by atoms with Crippen LogP contribution in [0.2, 0.25) is 0 Å². The lowest BCUT2D eigenvalue weighted by atomic mass is 10.0. The molecule has 5 nitrogen and oxygen atoms in total. The molecule has 0 unspecified atom stereocenters. The fourth-order valence-electron chi connectivity index (χ4n) is 3.74. The number of hydrogen-bond donors (Lipinski definition) is 1. The number of carbonyl (C=O) groups excluding carboxylic acids is 2. The van der Waals surface area contributed by atoms with Gasteiger partial charge in [0.15, 0.2) is 0 Å². The van der Waals surface area contributed by atoms with E-state index in [0.29, 0.717) is 17.7 Å². The molecule has 0 spiro atoms. The normalized spacial score (nSPS) is 11.4. The van der Waals surface area contributed by atoms with E-state index in [2.05, 4.69) is 27.6 Å². The van der Waals surface area contributed by atoms with E-state index in [-0.39, 0.29) is 5.78 Å². The molecule has 0 bridgehead atoms. The van der Waals surface area contributed by atoms with Crippen molar-refractivity contribution in [1.29, 1.82) is 0 Å². The summed E-state index contributed by atoms with van der Waals surface area (Å²) in [6.07, 6.45) is 1.76. The van der Waals surface area contributed by atoms with Crippen LogP contribution in [0.5, 0.6) is 0 Å². The summed E-state index contributed by atoms with van der Waals surface area (Å²) in [7, 11) is 0. The Hall–Kier alpha value is -3.13. The van der Waals surface area contributed by atoms with Crippen molar-refractivity contribution in [2.75, 3.05) is 0 Å². The number of aromatic nitrogens is 2. The Morgan fingerprint density at radius 3 is 2.26 bits per heavy atom. The van der Waals surface area contributed by atoms with Crippen molar-refractivity contribution >= 4 is 34.5 Å². The number of halogens is 1. The maximum absolute atomic E-state index is 13.0.